The van der Waals surface area contributed by atoms with Crippen molar-refractivity contribution in [2.24, 2.45) is 0 Å². The smallest absolute Gasteiger partial charge is 0.408 e. The van der Waals surface area contributed by atoms with Crippen molar-refractivity contribution in [2.75, 3.05) is 0 Å². The molecule has 0 unspecified atom stereocenters. The van der Waals surface area contributed by atoms with Gasteiger partial charge in [0.15, 0.2) is 5.78 Å². The lowest BCUT2D eigenvalue weighted by Crippen LogP contribution is -2.44. The molecule has 0 aliphatic heterocycles. The summed E-state index contributed by atoms with van der Waals surface area (Å²) in [6, 6.07) is -1.26. The van der Waals surface area contributed by atoms with Gasteiger partial charge in [-0.15, -0.1) is 0 Å². The molecule has 0 saturated heterocycles. The second-order valence-electron chi connectivity index (χ2n) is 7.35. The Kier molecular flexibility index (Phi) is 7.89. The Morgan fingerprint density at radius 2 is 1.42 bits per heavy atom. The fraction of sp³-hybridized carbons (Fsp3) is 0.750. The highest BCUT2D eigenvalue weighted by Crippen LogP contribution is 2.11. The van der Waals surface area contributed by atoms with Crippen LogP contribution in [0.15, 0.2) is 0 Å². The van der Waals surface area contributed by atoms with E-state index in [1.54, 1.807) is 41.5 Å². The average Bonchev–Trinajstić information content (AvgIpc) is 2.29. The molecule has 0 aliphatic carbocycles. The maximum atomic E-state index is 12.1. The molecule has 138 valence electrons. The van der Waals surface area contributed by atoms with E-state index in [4.69, 9.17) is 14.6 Å². The van der Waals surface area contributed by atoms with E-state index in [1.165, 1.54) is 0 Å². The van der Waals surface area contributed by atoms with Gasteiger partial charge in [0.25, 0.3) is 0 Å². The summed E-state index contributed by atoms with van der Waals surface area (Å²) in [4.78, 5) is 46.3. The first-order chi connectivity index (χ1) is 10.7. The predicted octanol–water partition coefficient (Wildman–Crippen LogP) is 2.05. The number of esters is 1. The van der Waals surface area contributed by atoms with Gasteiger partial charge in [-0.05, 0) is 41.5 Å². The molecule has 0 saturated carbocycles. The minimum Gasteiger partial charge on any atom is -0.481 e. The second kappa shape index (κ2) is 8.65. The van der Waals surface area contributed by atoms with Crippen LogP contribution in [0.5, 0.6) is 0 Å². The number of carboxylic acids is 1. The molecule has 0 rings (SSSR count). The monoisotopic (exact) mass is 345 g/mol. The average molecular weight is 345 g/mol. The van der Waals surface area contributed by atoms with E-state index in [1.807, 2.05) is 0 Å². The number of carboxylic acid groups (broad SMARTS) is 1. The highest BCUT2D eigenvalue weighted by atomic mass is 16.6. The maximum Gasteiger partial charge on any atom is 0.408 e. The fourth-order valence-electron chi connectivity index (χ4n) is 1.66. The molecular formula is C16H27NO7. The molecule has 8 heteroatoms. The van der Waals surface area contributed by atoms with Gasteiger partial charge in [-0.3, -0.25) is 14.4 Å². The SMILES string of the molecule is CC(C)(C)OC(=O)CCC(=O)[C@H](CC(=O)O)NC(=O)OC(C)(C)C. The largest absolute Gasteiger partial charge is 0.481 e. The summed E-state index contributed by atoms with van der Waals surface area (Å²) in [5, 5.41) is 11.1. The van der Waals surface area contributed by atoms with Crippen molar-refractivity contribution in [3.05, 3.63) is 0 Å². The molecule has 0 aromatic rings. The third-order valence-corrected chi connectivity index (χ3v) is 2.45. The van der Waals surface area contributed by atoms with Gasteiger partial charge in [-0.25, -0.2) is 4.79 Å². The summed E-state index contributed by atoms with van der Waals surface area (Å²) in [5.74, 6) is -2.39. The van der Waals surface area contributed by atoms with Crippen LogP contribution in [-0.4, -0.2) is 46.2 Å². The molecule has 0 spiro atoms. The van der Waals surface area contributed by atoms with E-state index >= 15 is 0 Å². The number of aliphatic carboxylic acids is 1. The van der Waals surface area contributed by atoms with Gasteiger partial charge in [0.1, 0.15) is 17.2 Å². The van der Waals surface area contributed by atoms with Crippen LogP contribution in [0.25, 0.3) is 0 Å². The molecule has 0 fully saturated rings. The molecule has 0 radical (unpaired) electrons. The molecule has 1 atom stereocenters. The number of hydrogen-bond acceptors (Lipinski definition) is 6. The number of nitrogens with one attached hydrogen (secondary N) is 1. The van der Waals surface area contributed by atoms with E-state index in [0.29, 0.717) is 0 Å². The van der Waals surface area contributed by atoms with Gasteiger partial charge >= 0.3 is 18.0 Å². The summed E-state index contributed by atoms with van der Waals surface area (Å²) in [6.45, 7) is 10.0. The van der Waals surface area contributed by atoms with Gasteiger partial charge < -0.3 is 19.9 Å². The van der Waals surface area contributed by atoms with Crippen LogP contribution in [0.1, 0.15) is 60.8 Å². The minimum absolute atomic E-state index is 0.192. The van der Waals surface area contributed by atoms with Crippen molar-refractivity contribution in [3.63, 3.8) is 0 Å². The van der Waals surface area contributed by atoms with E-state index in [9.17, 15) is 19.2 Å². The van der Waals surface area contributed by atoms with E-state index in [0.717, 1.165) is 0 Å². The third kappa shape index (κ3) is 11.4. The lowest BCUT2D eigenvalue weighted by Gasteiger charge is -2.22. The van der Waals surface area contributed by atoms with Crippen molar-refractivity contribution in [1.82, 2.24) is 5.32 Å². The van der Waals surface area contributed by atoms with E-state index in [-0.39, 0.29) is 12.8 Å². The Morgan fingerprint density at radius 1 is 0.917 bits per heavy atom. The van der Waals surface area contributed by atoms with Gasteiger partial charge in [0.05, 0.1) is 12.8 Å². The molecule has 1 amide bonds. The van der Waals surface area contributed by atoms with Crippen LogP contribution in [0.2, 0.25) is 0 Å². The number of ketones is 1. The van der Waals surface area contributed by atoms with Crippen molar-refractivity contribution in [2.45, 2.75) is 78.0 Å². The van der Waals surface area contributed by atoms with E-state index < -0.39 is 47.5 Å². The molecule has 2 N–H and O–H groups in total. The molecule has 0 aromatic heterocycles. The maximum absolute atomic E-state index is 12.1. The number of hydrogen-bond donors (Lipinski definition) is 2. The number of Topliss-reactive ketones (excluding diaryl/α,β-unsaturated/α-hetero) is 1. The second-order valence-corrected chi connectivity index (χ2v) is 7.35. The zero-order chi connectivity index (χ0) is 19.1. The van der Waals surface area contributed by atoms with Crippen molar-refractivity contribution in [3.8, 4) is 0 Å². The van der Waals surface area contributed by atoms with E-state index in [2.05, 4.69) is 5.32 Å². The number of alkyl carbamates (subject to hydrolysis) is 1. The summed E-state index contributed by atoms with van der Waals surface area (Å²) < 4.78 is 10.1. The number of carbonyl (C=O) groups excluding carboxylic acids is 3. The number of carbonyl (C=O) groups is 4. The highest BCUT2D eigenvalue weighted by Gasteiger charge is 2.27. The number of amides is 1. The Bertz CT molecular complexity index is 486. The van der Waals surface area contributed by atoms with Crippen LogP contribution in [0, 0.1) is 0 Å². The molecule has 0 heterocycles. The first-order valence-electron chi connectivity index (χ1n) is 7.65. The fourth-order valence-corrected chi connectivity index (χ4v) is 1.66. The lowest BCUT2D eigenvalue weighted by atomic mass is 10.0. The quantitative estimate of drug-likeness (QED) is 0.678. The Labute approximate surface area is 141 Å². The molecule has 0 aromatic carbocycles. The number of rotatable bonds is 7. The summed E-state index contributed by atoms with van der Waals surface area (Å²) >= 11 is 0. The zero-order valence-corrected chi connectivity index (χ0v) is 15.1. The number of ether oxygens (including phenoxy) is 2. The van der Waals surface area contributed by atoms with Gasteiger partial charge in [-0.2, -0.15) is 0 Å². The highest BCUT2D eigenvalue weighted by molar-refractivity contribution is 5.92. The lowest BCUT2D eigenvalue weighted by molar-refractivity contribution is -0.155. The Balaban J connectivity index is 4.69. The normalized spacial score (nSPS) is 12.9. The zero-order valence-electron chi connectivity index (χ0n) is 15.1. The van der Waals surface area contributed by atoms with Crippen molar-refractivity contribution < 1.29 is 33.8 Å². The van der Waals surface area contributed by atoms with Gasteiger partial charge in [0.2, 0.25) is 0 Å². The Hall–Kier alpha value is -2.12. The van der Waals surface area contributed by atoms with Crippen molar-refractivity contribution >= 4 is 23.8 Å². The molecule has 8 nitrogen and oxygen atoms in total. The first-order valence-corrected chi connectivity index (χ1v) is 7.65. The van der Waals surface area contributed by atoms with Gasteiger partial charge in [0, 0.05) is 6.42 Å². The van der Waals surface area contributed by atoms with Crippen LogP contribution in [-0.2, 0) is 23.9 Å². The molecular weight excluding hydrogens is 318 g/mol. The third-order valence-electron chi connectivity index (χ3n) is 2.45. The summed E-state index contributed by atoms with van der Waals surface area (Å²) in [6.07, 6.45) is -1.91. The summed E-state index contributed by atoms with van der Waals surface area (Å²) in [7, 11) is 0. The molecule has 24 heavy (non-hydrogen) atoms. The van der Waals surface area contributed by atoms with Gasteiger partial charge in [-0.1, -0.05) is 0 Å². The van der Waals surface area contributed by atoms with Crippen molar-refractivity contribution in [1.29, 1.82) is 0 Å². The van der Waals surface area contributed by atoms with Crippen LogP contribution in [0.3, 0.4) is 0 Å². The molecule has 0 aliphatic rings. The predicted molar refractivity (Wildman–Crippen MR) is 85.5 cm³/mol. The standard InChI is InChI=1S/C16H27NO7/c1-15(2,3)23-13(21)8-7-11(18)10(9-12(19)20)17-14(22)24-16(4,5)6/h10H,7-9H2,1-6H3,(H,17,22)(H,19,20)/t10-/m0/s1. The molecule has 0 bridgehead atoms. The van der Waals surface area contributed by atoms with Crippen LogP contribution in [0.4, 0.5) is 4.79 Å². The summed E-state index contributed by atoms with van der Waals surface area (Å²) in [5.41, 5.74) is -1.45. The Morgan fingerprint density at radius 3 is 1.83 bits per heavy atom. The van der Waals surface area contributed by atoms with Crippen LogP contribution >= 0.6 is 0 Å². The minimum atomic E-state index is -1.26. The topological polar surface area (TPSA) is 119 Å². The van der Waals surface area contributed by atoms with Crippen LogP contribution < -0.4 is 5.32 Å². The first kappa shape index (κ1) is 21.9.